The van der Waals surface area contributed by atoms with Gasteiger partial charge in [-0.05, 0) is 43.2 Å². The largest absolute Gasteiger partial charge is 0.493 e. The van der Waals surface area contributed by atoms with Crippen LogP contribution >= 0.6 is 11.8 Å². The van der Waals surface area contributed by atoms with Crippen LogP contribution in [0.2, 0.25) is 0 Å². The van der Waals surface area contributed by atoms with E-state index in [-0.39, 0.29) is 23.2 Å². The molecule has 2 heterocycles. The smallest absolute Gasteiger partial charge is 0.262 e. The lowest BCUT2D eigenvalue weighted by molar-refractivity contribution is 0.0937. The zero-order valence-corrected chi connectivity index (χ0v) is 18.3. The van der Waals surface area contributed by atoms with Crippen LogP contribution in [0.15, 0.2) is 52.4 Å². The zero-order valence-electron chi connectivity index (χ0n) is 17.5. The van der Waals surface area contributed by atoms with Gasteiger partial charge in [-0.1, -0.05) is 23.9 Å². The number of benzene rings is 2. The number of ketones is 1. The molecule has 0 saturated carbocycles. The fourth-order valence-corrected chi connectivity index (χ4v) is 4.54. The van der Waals surface area contributed by atoms with E-state index in [0.717, 1.165) is 12.8 Å². The van der Waals surface area contributed by atoms with Crippen LogP contribution in [0.1, 0.15) is 23.2 Å². The van der Waals surface area contributed by atoms with Crippen molar-refractivity contribution < 1.29 is 19.0 Å². The molecule has 0 spiro atoms. The molecule has 1 atom stereocenters. The number of carbonyl (C=O) groups is 1. The summed E-state index contributed by atoms with van der Waals surface area (Å²) in [5.41, 5.74) is 1.03. The summed E-state index contributed by atoms with van der Waals surface area (Å²) in [5.74, 6) is 1.12. The highest BCUT2D eigenvalue weighted by atomic mass is 32.2. The van der Waals surface area contributed by atoms with Crippen molar-refractivity contribution in [1.82, 2.24) is 9.55 Å². The van der Waals surface area contributed by atoms with Gasteiger partial charge in [0.2, 0.25) is 0 Å². The van der Waals surface area contributed by atoms with Crippen molar-refractivity contribution in [2.24, 2.45) is 0 Å². The van der Waals surface area contributed by atoms with E-state index in [2.05, 4.69) is 4.98 Å². The number of hydrogen-bond donors (Lipinski definition) is 0. The van der Waals surface area contributed by atoms with Gasteiger partial charge in [-0.2, -0.15) is 0 Å². The van der Waals surface area contributed by atoms with Gasteiger partial charge >= 0.3 is 0 Å². The highest BCUT2D eigenvalue weighted by molar-refractivity contribution is 7.99. The lowest BCUT2D eigenvalue weighted by Gasteiger charge is -2.16. The molecule has 0 radical (unpaired) electrons. The predicted octanol–water partition coefficient (Wildman–Crippen LogP) is 3.57. The predicted molar refractivity (Wildman–Crippen MR) is 120 cm³/mol. The molecule has 2 aromatic carbocycles. The summed E-state index contributed by atoms with van der Waals surface area (Å²) in [6.45, 7) is 1.14. The number of ether oxygens (including phenoxy) is 3. The molecule has 1 unspecified atom stereocenters. The number of aromatic nitrogens is 2. The minimum Gasteiger partial charge on any atom is -0.493 e. The normalized spacial score (nSPS) is 15.9. The molecule has 0 amide bonds. The van der Waals surface area contributed by atoms with Crippen molar-refractivity contribution in [1.29, 1.82) is 0 Å². The average Bonchev–Trinajstić information content (AvgIpc) is 3.32. The third kappa shape index (κ3) is 4.60. The molecule has 3 aromatic rings. The summed E-state index contributed by atoms with van der Waals surface area (Å²) in [7, 11) is 3.08. The Bertz CT molecular complexity index is 1150. The number of nitrogens with zero attached hydrogens (tertiary/aromatic N) is 2. The summed E-state index contributed by atoms with van der Waals surface area (Å²) in [5, 5.41) is 1.09. The van der Waals surface area contributed by atoms with Crippen LogP contribution in [0.4, 0.5) is 0 Å². The van der Waals surface area contributed by atoms with Crippen LogP contribution in [0.5, 0.6) is 11.5 Å². The fraction of sp³-hybridized carbons (Fsp3) is 0.348. The number of para-hydroxylation sites is 1. The van der Waals surface area contributed by atoms with Gasteiger partial charge in [-0.3, -0.25) is 14.2 Å². The van der Waals surface area contributed by atoms with Gasteiger partial charge < -0.3 is 14.2 Å². The van der Waals surface area contributed by atoms with Crippen LogP contribution < -0.4 is 15.0 Å². The first-order valence-electron chi connectivity index (χ1n) is 10.1. The first kappa shape index (κ1) is 21.4. The van der Waals surface area contributed by atoms with E-state index in [4.69, 9.17) is 14.2 Å². The van der Waals surface area contributed by atoms with Crippen molar-refractivity contribution in [3.63, 3.8) is 0 Å². The molecule has 8 heteroatoms. The van der Waals surface area contributed by atoms with Crippen LogP contribution in [0.3, 0.4) is 0 Å². The molecular formula is C23H24N2O5S. The molecule has 1 saturated heterocycles. The van der Waals surface area contributed by atoms with E-state index in [0.29, 0.717) is 46.3 Å². The summed E-state index contributed by atoms with van der Waals surface area (Å²) in [6.07, 6.45) is 1.89. The molecule has 7 nitrogen and oxygen atoms in total. The van der Waals surface area contributed by atoms with Gasteiger partial charge in [0.1, 0.15) is 0 Å². The Kier molecular flexibility index (Phi) is 6.58. The SMILES string of the molecule is COc1ccc(C(=O)CSc2nc3ccccc3c(=O)n2CC2CCCO2)cc1OC. The van der Waals surface area contributed by atoms with Gasteiger partial charge in [0.05, 0.1) is 43.5 Å². The maximum absolute atomic E-state index is 13.1. The Morgan fingerprint density at radius 1 is 1.19 bits per heavy atom. The number of fused-ring (bicyclic) bond motifs is 1. The van der Waals surface area contributed by atoms with E-state index in [1.165, 1.54) is 18.9 Å². The number of rotatable bonds is 8. The van der Waals surface area contributed by atoms with Gasteiger partial charge in [-0.15, -0.1) is 0 Å². The molecule has 0 N–H and O–H groups in total. The van der Waals surface area contributed by atoms with E-state index in [9.17, 15) is 9.59 Å². The molecule has 1 aliphatic rings. The number of thioether (sulfide) groups is 1. The highest BCUT2D eigenvalue weighted by Gasteiger charge is 2.21. The summed E-state index contributed by atoms with van der Waals surface area (Å²) < 4.78 is 17.9. The van der Waals surface area contributed by atoms with E-state index in [1.807, 2.05) is 18.2 Å². The van der Waals surface area contributed by atoms with E-state index in [1.54, 1.807) is 35.9 Å². The molecule has 1 aliphatic heterocycles. The van der Waals surface area contributed by atoms with Gasteiger partial charge in [-0.25, -0.2) is 4.98 Å². The lowest BCUT2D eigenvalue weighted by atomic mass is 10.1. The van der Waals surface area contributed by atoms with E-state index >= 15 is 0 Å². The number of carbonyl (C=O) groups excluding carboxylic acids is 1. The third-order valence-corrected chi connectivity index (χ3v) is 6.25. The van der Waals surface area contributed by atoms with Crippen LogP contribution in [-0.2, 0) is 11.3 Å². The third-order valence-electron chi connectivity index (χ3n) is 5.27. The Hall–Kier alpha value is -2.84. The second kappa shape index (κ2) is 9.53. The van der Waals surface area contributed by atoms with Crippen molar-refractivity contribution in [3.05, 3.63) is 58.4 Å². The molecule has 4 rings (SSSR count). The second-order valence-corrected chi connectivity index (χ2v) is 8.19. The molecule has 1 aromatic heterocycles. The monoisotopic (exact) mass is 440 g/mol. The molecule has 162 valence electrons. The maximum atomic E-state index is 13.1. The Labute approximate surface area is 184 Å². The topological polar surface area (TPSA) is 79.7 Å². The summed E-state index contributed by atoms with van der Waals surface area (Å²) in [6, 6.07) is 12.3. The van der Waals surface area contributed by atoms with Gasteiger partial charge in [0, 0.05) is 12.2 Å². The quantitative estimate of drug-likeness (QED) is 0.301. The van der Waals surface area contributed by atoms with Crippen molar-refractivity contribution >= 4 is 28.4 Å². The molecular weight excluding hydrogens is 416 g/mol. The maximum Gasteiger partial charge on any atom is 0.262 e. The van der Waals surface area contributed by atoms with Gasteiger partial charge in [0.25, 0.3) is 5.56 Å². The summed E-state index contributed by atoms with van der Waals surface area (Å²) in [4.78, 5) is 30.7. The minimum atomic E-state index is -0.109. The summed E-state index contributed by atoms with van der Waals surface area (Å²) >= 11 is 1.26. The number of hydrogen-bond acceptors (Lipinski definition) is 7. The van der Waals surface area contributed by atoms with E-state index < -0.39 is 0 Å². The average molecular weight is 441 g/mol. The van der Waals surface area contributed by atoms with Crippen molar-refractivity contribution in [2.45, 2.75) is 30.6 Å². The Balaban J connectivity index is 1.61. The van der Waals surface area contributed by atoms with Crippen molar-refractivity contribution in [2.75, 3.05) is 26.6 Å². The standard InChI is InChI=1S/C23H24N2O5S/c1-28-20-10-9-15(12-21(20)29-2)19(26)14-31-23-24-18-8-4-3-7-17(18)22(27)25(23)13-16-6-5-11-30-16/h3-4,7-10,12,16H,5-6,11,13-14H2,1-2H3. The first-order chi connectivity index (χ1) is 15.1. The number of methoxy groups -OCH3 is 2. The lowest BCUT2D eigenvalue weighted by Crippen LogP contribution is -2.29. The van der Waals surface area contributed by atoms with Crippen LogP contribution in [0, 0.1) is 0 Å². The zero-order chi connectivity index (χ0) is 21.8. The highest BCUT2D eigenvalue weighted by Crippen LogP contribution is 2.29. The minimum absolute atomic E-state index is 0.0124. The second-order valence-electron chi connectivity index (χ2n) is 7.24. The number of Topliss-reactive ketones (excluding diaryl/α,β-unsaturated/α-hetero) is 1. The fourth-order valence-electron chi connectivity index (χ4n) is 3.63. The van der Waals surface area contributed by atoms with Crippen molar-refractivity contribution in [3.8, 4) is 11.5 Å². The van der Waals surface area contributed by atoms with Crippen LogP contribution in [-0.4, -0.2) is 48.0 Å². The first-order valence-corrected chi connectivity index (χ1v) is 11.1. The van der Waals surface area contributed by atoms with Gasteiger partial charge in [0.15, 0.2) is 22.4 Å². The molecule has 1 fully saturated rings. The molecule has 0 bridgehead atoms. The molecule has 31 heavy (non-hydrogen) atoms. The van der Waals surface area contributed by atoms with Crippen LogP contribution in [0.25, 0.3) is 10.9 Å². The Morgan fingerprint density at radius 3 is 2.74 bits per heavy atom. The molecule has 0 aliphatic carbocycles. The Morgan fingerprint density at radius 2 is 2.00 bits per heavy atom.